The zero-order chi connectivity index (χ0) is 25.4. The molecule has 0 aliphatic carbocycles. The number of nitrogens with zero attached hydrogens (tertiary/aromatic N) is 5. The number of pyridine rings is 1. The van der Waals surface area contributed by atoms with Crippen molar-refractivity contribution in [1.82, 2.24) is 19.2 Å². The van der Waals surface area contributed by atoms with Gasteiger partial charge in [-0.15, -0.1) is 0 Å². The molecule has 2 aromatic heterocycles. The minimum atomic E-state index is -0.646. The van der Waals surface area contributed by atoms with E-state index in [1.807, 2.05) is 80.4 Å². The molecule has 0 radical (unpaired) electrons. The average Bonchev–Trinajstić information content (AvgIpc) is 3.21. The second-order valence-corrected chi connectivity index (χ2v) is 9.23. The van der Waals surface area contributed by atoms with Crippen molar-refractivity contribution in [2.24, 2.45) is 7.05 Å². The van der Waals surface area contributed by atoms with Crippen LogP contribution in [-0.4, -0.2) is 58.4 Å². The van der Waals surface area contributed by atoms with Gasteiger partial charge in [-0.25, -0.2) is 0 Å². The van der Waals surface area contributed by atoms with Crippen LogP contribution in [0.4, 0.5) is 5.69 Å². The fourth-order valence-electron chi connectivity index (χ4n) is 5.18. The summed E-state index contributed by atoms with van der Waals surface area (Å²) in [4.78, 5) is 31.2. The first-order valence-electron chi connectivity index (χ1n) is 12.2. The number of methoxy groups -OCH3 is 1. The summed E-state index contributed by atoms with van der Waals surface area (Å²) in [6, 6.07) is 18.8. The number of carbonyl (C=O) groups is 1. The number of benzene rings is 2. The van der Waals surface area contributed by atoms with E-state index >= 15 is 0 Å². The Bertz CT molecular complexity index is 1450. The number of rotatable bonds is 5. The SMILES string of the molecule is COc1ccc(N2CCN(C(=O)C(C)n3c(=O)cc(-c4ccccc4)c4c(C)nn(C)c43)CC2)cc1. The summed E-state index contributed by atoms with van der Waals surface area (Å²) in [6.07, 6.45) is 0. The Kier molecular flexibility index (Phi) is 6.26. The van der Waals surface area contributed by atoms with Crippen molar-refractivity contribution in [2.45, 2.75) is 19.9 Å². The molecule has 1 saturated heterocycles. The molecule has 5 rings (SSSR count). The highest BCUT2D eigenvalue weighted by Gasteiger charge is 2.29. The van der Waals surface area contributed by atoms with Crippen LogP contribution in [0.1, 0.15) is 18.7 Å². The maximum absolute atomic E-state index is 13.6. The molecule has 0 saturated carbocycles. The Morgan fingerprint density at radius 3 is 2.31 bits per heavy atom. The number of hydrogen-bond acceptors (Lipinski definition) is 5. The molecular weight excluding hydrogens is 454 g/mol. The second kappa shape index (κ2) is 9.53. The van der Waals surface area contributed by atoms with E-state index in [2.05, 4.69) is 10.00 Å². The van der Waals surface area contributed by atoms with E-state index in [-0.39, 0.29) is 11.5 Å². The van der Waals surface area contributed by atoms with Gasteiger partial charge in [0.2, 0.25) is 5.91 Å². The monoisotopic (exact) mass is 485 g/mol. The number of amides is 1. The summed E-state index contributed by atoms with van der Waals surface area (Å²) >= 11 is 0. The highest BCUT2D eigenvalue weighted by molar-refractivity contribution is 5.96. The topological polar surface area (TPSA) is 72.6 Å². The van der Waals surface area contributed by atoms with Gasteiger partial charge in [-0.3, -0.25) is 18.8 Å². The smallest absolute Gasteiger partial charge is 0.253 e. The molecule has 0 bridgehead atoms. The van der Waals surface area contributed by atoms with Crippen molar-refractivity contribution >= 4 is 22.6 Å². The number of hydrogen-bond donors (Lipinski definition) is 0. The van der Waals surface area contributed by atoms with Crippen LogP contribution < -0.4 is 15.2 Å². The third kappa shape index (κ3) is 4.12. The van der Waals surface area contributed by atoms with E-state index < -0.39 is 6.04 Å². The first-order chi connectivity index (χ1) is 17.4. The van der Waals surface area contributed by atoms with Crippen LogP contribution in [0.2, 0.25) is 0 Å². The lowest BCUT2D eigenvalue weighted by Gasteiger charge is -2.37. The molecule has 8 heteroatoms. The largest absolute Gasteiger partial charge is 0.497 e. The van der Waals surface area contributed by atoms with E-state index in [9.17, 15) is 9.59 Å². The molecular formula is C28H31N5O3. The van der Waals surface area contributed by atoms with E-state index in [1.54, 1.807) is 22.4 Å². The van der Waals surface area contributed by atoms with Gasteiger partial charge < -0.3 is 14.5 Å². The summed E-state index contributed by atoms with van der Waals surface area (Å²) < 4.78 is 8.56. The zero-order valence-corrected chi connectivity index (χ0v) is 21.1. The number of aromatic nitrogens is 3. The van der Waals surface area contributed by atoms with Gasteiger partial charge >= 0.3 is 0 Å². The van der Waals surface area contributed by atoms with Gasteiger partial charge in [0, 0.05) is 50.4 Å². The molecule has 2 aromatic carbocycles. The first kappa shape index (κ1) is 23.7. The average molecular weight is 486 g/mol. The van der Waals surface area contributed by atoms with E-state index in [4.69, 9.17) is 4.74 Å². The molecule has 1 unspecified atom stereocenters. The lowest BCUT2D eigenvalue weighted by Crippen LogP contribution is -2.51. The number of aryl methyl sites for hydroxylation is 2. The number of carbonyl (C=O) groups excluding carboxylic acids is 1. The summed E-state index contributed by atoms with van der Waals surface area (Å²) in [7, 11) is 3.48. The van der Waals surface area contributed by atoms with E-state index in [0.717, 1.165) is 46.7 Å². The van der Waals surface area contributed by atoms with Gasteiger partial charge in [-0.1, -0.05) is 30.3 Å². The van der Waals surface area contributed by atoms with Gasteiger partial charge in [0.25, 0.3) is 5.56 Å². The van der Waals surface area contributed by atoms with Crippen molar-refractivity contribution in [3.8, 4) is 16.9 Å². The molecule has 1 fully saturated rings. The van der Waals surface area contributed by atoms with Crippen molar-refractivity contribution in [2.75, 3.05) is 38.2 Å². The van der Waals surface area contributed by atoms with Crippen LogP contribution in [-0.2, 0) is 11.8 Å². The van der Waals surface area contributed by atoms with Gasteiger partial charge in [0.05, 0.1) is 12.8 Å². The van der Waals surface area contributed by atoms with Crippen molar-refractivity contribution in [3.05, 3.63) is 76.7 Å². The molecule has 1 aliphatic rings. The summed E-state index contributed by atoms with van der Waals surface area (Å²) in [5, 5.41) is 5.50. The molecule has 36 heavy (non-hydrogen) atoms. The highest BCUT2D eigenvalue weighted by atomic mass is 16.5. The van der Waals surface area contributed by atoms with Gasteiger partial charge in [0.1, 0.15) is 17.4 Å². The first-order valence-corrected chi connectivity index (χ1v) is 12.2. The maximum atomic E-state index is 13.6. The van der Waals surface area contributed by atoms with Gasteiger partial charge in [0.15, 0.2) is 0 Å². The number of fused-ring (bicyclic) bond motifs is 1. The summed E-state index contributed by atoms with van der Waals surface area (Å²) in [5.41, 5.74) is 4.18. The van der Waals surface area contributed by atoms with Gasteiger partial charge in [-0.05, 0) is 49.2 Å². The predicted octanol–water partition coefficient (Wildman–Crippen LogP) is 3.63. The van der Waals surface area contributed by atoms with Crippen LogP contribution in [0.15, 0.2) is 65.5 Å². The fraction of sp³-hybridized carbons (Fsp3) is 0.321. The molecule has 186 valence electrons. The van der Waals surface area contributed by atoms with Crippen LogP contribution in [0.5, 0.6) is 5.75 Å². The minimum Gasteiger partial charge on any atom is -0.497 e. The normalized spacial score (nSPS) is 14.8. The van der Waals surface area contributed by atoms with Crippen LogP contribution in [0, 0.1) is 6.92 Å². The Balaban J connectivity index is 1.42. The summed E-state index contributed by atoms with van der Waals surface area (Å²) in [5.74, 6) is 0.765. The van der Waals surface area contributed by atoms with Gasteiger partial charge in [-0.2, -0.15) is 5.10 Å². The lowest BCUT2D eigenvalue weighted by molar-refractivity contribution is -0.134. The second-order valence-electron chi connectivity index (χ2n) is 9.23. The molecule has 1 amide bonds. The van der Waals surface area contributed by atoms with E-state index in [0.29, 0.717) is 18.7 Å². The highest BCUT2D eigenvalue weighted by Crippen LogP contribution is 2.31. The van der Waals surface area contributed by atoms with Crippen LogP contribution in [0.3, 0.4) is 0 Å². The Hall–Kier alpha value is -4.07. The lowest BCUT2D eigenvalue weighted by atomic mass is 10.0. The fourth-order valence-corrected chi connectivity index (χ4v) is 5.18. The molecule has 3 heterocycles. The molecule has 0 spiro atoms. The minimum absolute atomic E-state index is 0.0564. The maximum Gasteiger partial charge on any atom is 0.253 e. The third-order valence-electron chi connectivity index (χ3n) is 7.05. The van der Waals surface area contributed by atoms with Crippen molar-refractivity contribution in [3.63, 3.8) is 0 Å². The Morgan fingerprint density at radius 1 is 1.00 bits per heavy atom. The van der Waals surface area contributed by atoms with E-state index in [1.165, 1.54) is 0 Å². The molecule has 0 N–H and O–H groups in total. The summed E-state index contributed by atoms with van der Waals surface area (Å²) in [6.45, 7) is 6.40. The molecule has 4 aromatic rings. The quantitative estimate of drug-likeness (QED) is 0.432. The molecule has 1 atom stereocenters. The zero-order valence-electron chi connectivity index (χ0n) is 21.1. The number of ether oxygens (including phenoxy) is 1. The molecule has 8 nitrogen and oxygen atoms in total. The predicted molar refractivity (Wildman–Crippen MR) is 142 cm³/mol. The Morgan fingerprint density at radius 2 is 1.67 bits per heavy atom. The third-order valence-corrected chi connectivity index (χ3v) is 7.05. The van der Waals surface area contributed by atoms with Crippen LogP contribution >= 0.6 is 0 Å². The standard InChI is InChI=1S/C28H31N5O3/c1-19-26-24(21-8-6-5-7-9-21)18-25(34)33(27(26)30(3)29-19)20(2)28(35)32-16-14-31(15-17-32)22-10-12-23(36-4)13-11-22/h5-13,18,20H,14-17H2,1-4H3. The van der Waals surface area contributed by atoms with Crippen molar-refractivity contribution in [1.29, 1.82) is 0 Å². The van der Waals surface area contributed by atoms with Crippen molar-refractivity contribution < 1.29 is 9.53 Å². The number of piperazine rings is 1. The Labute approximate surface area is 210 Å². The number of anilines is 1. The molecule has 1 aliphatic heterocycles. The van der Waals surface area contributed by atoms with Crippen LogP contribution in [0.25, 0.3) is 22.2 Å².